The van der Waals surface area contributed by atoms with Gasteiger partial charge in [-0.25, -0.2) is 4.98 Å². The number of hydrogen-bond donors (Lipinski definition) is 1. The molecule has 6 heteroatoms. The van der Waals surface area contributed by atoms with Crippen molar-refractivity contribution in [1.29, 1.82) is 0 Å². The van der Waals surface area contributed by atoms with Crippen molar-refractivity contribution in [2.75, 3.05) is 5.75 Å². The molecule has 0 aliphatic carbocycles. The molecule has 0 aliphatic heterocycles. The maximum absolute atomic E-state index is 10.8. The first-order valence-corrected chi connectivity index (χ1v) is 8.58. The van der Waals surface area contributed by atoms with Gasteiger partial charge < -0.3 is 9.52 Å². The zero-order valence-corrected chi connectivity index (χ0v) is 14.3. The predicted octanol–water partition coefficient (Wildman–Crippen LogP) is 4.95. The molecule has 4 nitrogen and oxygen atoms in total. The van der Waals surface area contributed by atoms with Crippen LogP contribution in [0.1, 0.15) is 0 Å². The van der Waals surface area contributed by atoms with Gasteiger partial charge in [0.15, 0.2) is 5.76 Å². The molecule has 0 saturated carbocycles. The third-order valence-electron chi connectivity index (χ3n) is 3.06. The number of thioether (sulfide) groups is 1. The van der Waals surface area contributed by atoms with Gasteiger partial charge in [-0.15, -0.1) is 0 Å². The fraction of sp³-hybridized carbons (Fsp3) is 0.0588. The molecule has 0 saturated heterocycles. The van der Waals surface area contributed by atoms with Crippen molar-refractivity contribution in [3.8, 4) is 22.6 Å². The SMILES string of the molecule is O=C(O)CSc1nc(-c2cccc(Br)c2)c(-c2ccccc2)o1. The van der Waals surface area contributed by atoms with Crippen LogP contribution >= 0.6 is 27.7 Å². The van der Waals surface area contributed by atoms with Crippen LogP contribution in [0.4, 0.5) is 0 Å². The normalized spacial score (nSPS) is 10.7. The van der Waals surface area contributed by atoms with E-state index in [2.05, 4.69) is 20.9 Å². The molecule has 0 amide bonds. The van der Waals surface area contributed by atoms with Crippen molar-refractivity contribution in [1.82, 2.24) is 4.98 Å². The standard InChI is InChI=1S/C17H12BrNO3S/c18-13-8-4-7-12(9-13)15-16(11-5-2-1-3-6-11)22-17(19-15)23-10-14(20)21/h1-9H,10H2,(H,20,21). The number of carboxylic acids is 1. The molecule has 0 spiro atoms. The maximum Gasteiger partial charge on any atom is 0.314 e. The summed E-state index contributed by atoms with van der Waals surface area (Å²) in [5, 5.41) is 9.17. The Bertz CT molecular complexity index is 833. The first kappa shape index (κ1) is 15.8. The molecule has 2 aromatic carbocycles. The Morgan fingerprint density at radius 2 is 1.87 bits per heavy atom. The Balaban J connectivity index is 2.07. The van der Waals surface area contributed by atoms with Crippen LogP contribution < -0.4 is 0 Å². The highest BCUT2D eigenvalue weighted by Gasteiger charge is 2.18. The topological polar surface area (TPSA) is 63.3 Å². The second-order valence-corrected chi connectivity index (χ2v) is 6.56. The van der Waals surface area contributed by atoms with Gasteiger partial charge in [0.25, 0.3) is 5.22 Å². The van der Waals surface area contributed by atoms with E-state index in [0.717, 1.165) is 27.4 Å². The average Bonchev–Trinajstić information content (AvgIpc) is 2.98. The van der Waals surface area contributed by atoms with Crippen LogP contribution in [0.3, 0.4) is 0 Å². The number of carbonyl (C=O) groups is 1. The third kappa shape index (κ3) is 3.83. The molecular formula is C17H12BrNO3S. The summed E-state index contributed by atoms with van der Waals surface area (Å²) in [5.74, 6) is -0.359. The summed E-state index contributed by atoms with van der Waals surface area (Å²) in [6.07, 6.45) is 0. The van der Waals surface area contributed by atoms with E-state index >= 15 is 0 Å². The summed E-state index contributed by atoms with van der Waals surface area (Å²) in [4.78, 5) is 15.2. The molecule has 1 aromatic heterocycles. The zero-order chi connectivity index (χ0) is 16.2. The molecule has 0 radical (unpaired) electrons. The van der Waals surface area contributed by atoms with Crippen molar-refractivity contribution in [3.63, 3.8) is 0 Å². The van der Waals surface area contributed by atoms with Gasteiger partial charge in [-0.2, -0.15) is 0 Å². The van der Waals surface area contributed by atoms with E-state index in [9.17, 15) is 4.79 Å². The predicted molar refractivity (Wildman–Crippen MR) is 93.4 cm³/mol. The molecule has 0 bridgehead atoms. The minimum atomic E-state index is -0.904. The summed E-state index contributed by atoms with van der Waals surface area (Å²) in [7, 11) is 0. The molecule has 23 heavy (non-hydrogen) atoms. The Morgan fingerprint density at radius 3 is 2.57 bits per heavy atom. The molecule has 3 aromatic rings. The molecule has 0 aliphatic rings. The highest BCUT2D eigenvalue weighted by Crippen LogP contribution is 2.36. The molecule has 116 valence electrons. The minimum Gasteiger partial charge on any atom is -0.481 e. The van der Waals surface area contributed by atoms with E-state index in [0.29, 0.717) is 16.7 Å². The second-order valence-electron chi connectivity index (χ2n) is 4.72. The number of nitrogens with zero attached hydrogens (tertiary/aromatic N) is 1. The first-order chi connectivity index (χ1) is 11.1. The van der Waals surface area contributed by atoms with Crippen LogP contribution in [0.25, 0.3) is 22.6 Å². The lowest BCUT2D eigenvalue weighted by Gasteiger charge is -2.01. The average molecular weight is 390 g/mol. The molecule has 1 heterocycles. The summed E-state index contributed by atoms with van der Waals surface area (Å²) in [6, 6.07) is 17.4. The van der Waals surface area contributed by atoms with Gasteiger partial charge in [0.2, 0.25) is 0 Å². The Kier molecular flexibility index (Phi) is 4.83. The van der Waals surface area contributed by atoms with Crippen molar-refractivity contribution in [3.05, 3.63) is 59.1 Å². The number of benzene rings is 2. The summed E-state index contributed by atoms with van der Waals surface area (Å²) in [5.41, 5.74) is 2.51. The minimum absolute atomic E-state index is 0.0906. The fourth-order valence-electron chi connectivity index (χ4n) is 2.10. The highest BCUT2D eigenvalue weighted by atomic mass is 79.9. The number of oxazole rings is 1. The van der Waals surface area contributed by atoms with Gasteiger partial charge in [-0.3, -0.25) is 4.79 Å². The fourth-order valence-corrected chi connectivity index (χ4v) is 3.05. The second kappa shape index (κ2) is 7.02. The van der Waals surface area contributed by atoms with Gasteiger partial charge in [0, 0.05) is 15.6 Å². The van der Waals surface area contributed by atoms with Crippen molar-refractivity contribution >= 4 is 33.7 Å². The van der Waals surface area contributed by atoms with Crippen LogP contribution in [0.15, 0.2) is 68.7 Å². The van der Waals surface area contributed by atoms with E-state index in [4.69, 9.17) is 9.52 Å². The lowest BCUT2D eigenvalue weighted by Crippen LogP contribution is -1.97. The van der Waals surface area contributed by atoms with Crippen LogP contribution in [0.2, 0.25) is 0 Å². The monoisotopic (exact) mass is 389 g/mol. The number of halogens is 1. The molecule has 3 rings (SSSR count). The largest absolute Gasteiger partial charge is 0.481 e. The summed E-state index contributed by atoms with van der Waals surface area (Å²) < 4.78 is 6.76. The van der Waals surface area contributed by atoms with Crippen LogP contribution in [-0.4, -0.2) is 21.8 Å². The number of aromatic nitrogens is 1. The zero-order valence-electron chi connectivity index (χ0n) is 11.9. The smallest absolute Gasteiger partial charge is 0.314 e. The molecule has 0 unspecified atom stereocenters. The van der Waals surface area contributed by atoms with E-state index in [-0.39, 0.29) is 5.75 Å². The third-order valence-corrected chi connectivity index (χ3v) is 4.37. The molecular weight excluding hydrogens is 378 g/mol. The lowest BCUT2D eigenvalue weighted by molar-refractivity contribution is -0.133. The van der Waals surface area contributed by atoms with Crippen LogP contribution in [-0.2, 0) is 4.79 Å². The van der Waals surface area contributed by atoms with E-state index in [1.54, 1.807) is 0 Å². The Hall–Kier alpha value is -2.05. The van der Waals surface area contributed by atoms with Crippen LogP contribution in [0.5, 0.6) is 0 Å². The number of carboxylic acid groups (broad SMARTS) is 1. The number of rotatable bonds is 5. The first-order valence-electron chi connectivity index (χ1n) is 6.80. The molecule has 0 atom stereocenters. The van der Waals surface area contributed by atoms with Crippen molar-refractivity contribution in [2.45, 2.75) is 5.22 Å². The quantitative estimate of drug-likeness (QED) is 0.625. The maximum atomic E-state index is 10.8. The molecule has 0 fully saturated rings. The van der Waals surface area contributed by atoms with E-state index < -0.39 is 5.97 Å². The van der Waals surface area contributed by atoms with Gasteiger partial charge >= 0.3 is 5.97 Å². The van der Waals surface area contributed by atoms with Crippen LogP contribution in [0, 0.1) is 0 Å². The lowest BCUT2D eigenvalue weighted by atomic mass is 10.1. The van der Waals surface area contributed by atoms with Gasteiger partial charge in [-0.05, 0) is 12.1 Å². The van der Waals surface area contributed by atoms with E-state index in [1.165, 1.54) is 0 Å². The number of hydrogen-bond acceptors (Lipinski definition) is 4. The summed E-state index contributed by atoms with van der Waals surface area (Å²) >= 11 is 4.52. The van der Waals surface area contributed by atoms with Gasteiger partial charge in [0.1, 0.15) is 11.4 Å². The van der Waals surface area contributed by atoms with Crippen molar-refractivity contribution < 1.29 is 14.3 Å². The van der Waals surface area contributed by atoms with Gasteiger partial charge in [-0.1, -0.05) is 70.2 Å². The Morgan fingerprint density at radius 1 is 1.13 bits per heavy atom. The summed E-state index contributed by atoms with van der Waals surface area (Å²) in [6.45, 7) is 0. The highest BCUT2D eigenvalue weighted by molar-refractivity contribution is 9.10. The Labute approximate surface area is 145 Å². The number of aliphatic carboxylic acids is 1. The van der Waals surface area contributed by atoms with Gasteiger partial charge in [0.05, 0.1) is 0 Å². The molecule has 1 N–H and O–H groups in total. The van der Waals surface area contributed by atoms with Crippen molar-refractivity contribution in [2.24, 2.45) is 0 Å². The van der Waals surface area contributed by atoms with E-state index in [1.807, 2.05) is 54.6 Å².